The number of nitrogens with one attached hydrogen (secondary N) is 1. The highest BCUT2D eigenvalue weighted by atomic mass is 16.5. The Balaban J connectivity index is 1.63. The van der Waals surface area contributed by atoms with Crippen LogP contribution in [0.25, 0.3) is 0 Å². The molecule has 3 rings (SSSR count). The first kappa shape index (κ1) is 17.3. The molecule has 1 aromatic rings. The molecule has 0 saturated carbocycles. The molecule has 1 unspecified atom stereocenters. The molecule has 0 aromatic carbocycles. The van der Waals surface area contributed by atoms with E-state index in [-0.39, 0.29) is 0 Å². The van der Waals surface area contributed by atoms with Crippen LogP contribution < -0.4 is 5.32 Å². The van der Waals surface area contributed by atoms with Gasteiger partial charge in [-0.2, -0.15) is 0 Å². The molecule has 0 aliphatic carbocycles. The van der Waals surface area contributed by atoms with Crippen molar-refractivity contribution in [1.82, 2.24) is 10.2 Å². The molecule has 2 aliphatic heterocycles. The van der Waals surface area contributed by atoms with Gasteiger partial charge in [-0.15, -0.1) is 0 Å². The number of nitrogens with zero attached hydrogens (tertiary/aromatic N) is 2. The van der Waals surface area contributed by atoms with Gasteiger partial charge in [-0.3, -0.25) is 4.99 Å². The van der Waals surface area contributed by atoms with Crippen LogP contribution in [0, 0.1) is 5.41 Å². The van der Waals surface area contributed by atoms with Gasteiger partial charge in [-0.05, 0) is 43.2 Å². The molecule has 24 heavy (non-hydrogen) atoms. The topological polar surface area (TPSA) is 50.0 Å². The number of aliphatic imine (C=N–C) groups is 1. The molecule has 1 N–H and O–H groups in total. The minimum Gasteiger partial charge on any atom is -0.469 e. The van der Waals surface area contributed by atoms with Crippen LogP contribution in [0.2, 0.25) is 0 Å². The largest absolute Gasteiger partial charge is 0.469 e. The first-order chi connectivity index (χ1) is 11.7. The predicted molar refractivity (Wildman–Crippen MR) is 96.3 cm³/mol. The maximum absolute atomic E-state index is 5.48. The third-order valence-electron chi connectivity index (χ3n) is 5.47. The second-order valence-electron chi connectivity index (χ2n) is 7.40. The Morgan fingerprint density at radius 3 is 2.92 bits per heavy atom. The Morgan fingerprint density at radius 2 is 2.25 bits per heavy atom. The van der Waals surface area contributed by atoms with Gasteiger partial charge in [0.25, 0.3) is 0 Å². The number of likely N-dealkylation sites (tertiary alicyclic amines) is 1. The molecule has 134 valence electrons. The minimum absolute atomic E-state index is 0.416. The molecular formula is C19H31N3O2. The van der Waals surface area contributed by atoms with Gasteiger partial charge in [0.2, 0.25) is 0 Å². The quantitative estimate of drug-likeness (QED) is 0.664. The maximum atomic E-state index is 5.48. The summed E-state index contributed by atoms with van der Waals surface area (Å²) in [6.45, 7) is 9.34. The van der Waals surface area contributed by atoms with E-state index in [2.05, 4.69) is 24.1 Å². The molecule has 0 spiro atoms. The van der Waals surface area contributed by atoms with Crippen molar-refractivity contribution in [2.45, 2.75) is 52.0 Å². The van der Waals surface area contributed by atoms with Crippen molar-refractivity contribution in [2.24, 2.45) is 10.4 Å². The fraction of sp³-hybridized carbons (Fsp3) is 0.737. The van der Waals surface area contributed by atoms with Gasteiger partial charge in [0.05, 0.1) is 6.26 Å². The lowest BCUT2D eigenvalue weighted by Gasteiger charge is -2.30. The normalized spacial score (nSPS) is 26.1. The third kappa shape index (κ3) is 4.53. The van der Waals surface area contributed by atoms with Gasteiger partial charge in [0.15, 0.2) is 5.96 Å². The van der Waals surface area contributed by atoms with E-state index in [1.807, 2.05) is 12.1 Å². The van der Waals surface area contributed by atoms with Crippen molar-refractivity contribution in [3.05, 3.63) is 24.2 Å². The molecule has 1 atom stereocenters. The summed E-state index contributed by atoms with van der Waals surface area (Å²) in [5.74, 6) is 2.08. The van der Waals surface area contributed by atoms with Gasteiger partial charge in [-0.1, -0.05) is 13.8 Å². The highest BCUT2D eigenvalue weighted by Crippen LogP contribution is 2.33. The number of rotatable bonds is 5. The zero-order valence-corrected chi connectivity index (χ0v) is 15.1. The molecule has 0 amide bonds. The summed E-state index contributed by atoms with van der Waals surface area (Å²) < 4.78 is 10.9. The molecule has 5 heteroatoms. The van der Waals surface area contributed by atoms with Crippen molar-refractivity contribution in [2.75, 3.05) is 32.8 Å². The van der Waals surface area contributed by atoms with E-state index in [0.29, 0.717) is 11.5 Å². The smallest absolute Gasteiger partial charge is 0.194 e. The number of hydrogen-bond acceptors (Lipinski definition) is 3. The fourth-order valence-corrected chi connectivity index (χ4v) is 3.48. The average molecular weight is 333 g/mol. The SMILES string of the molecule is CCC1(C)CCN(C(=NCCc2ccco2)NC2CCOCC2)C1. The average Bonchev–Trinajstić information content (AvgIpc) is 3.25. The first-order valence-corrected chi connectivity index (χ1v) is 9.34. The fourth-order valence-electron chi connectivity index (χ4n) is 3.48. The van der Waals surface area contributed by atoms with Gasteiger partial charge < -0.3 is 19.4 Å². The summed E-state index contributed by atoms with van der Waals surface area (Å²) in [4.78, 5) is 7.35. The zero-order chi connectivity index (χ0) is 16.8. The Kier molecular flexibility index (Phi) is 5.82. The van der Waals surface area contributed by atoms with E-state index < -0.39 is 0 Å². The van der Waals surface area contributed by atoms with Crippen LogP contribution in [0.3, 0.4) is 0 Å². The van der Waals surface area contributed by atoms with Crippen LogP contribution >= 0.6 is 0 Å². The van der Waals surface area contributed by atoms with Crippen molar-refractivity contribution in [3.63, 3.8) is 0 Å². The van der Waals surface area contributed by atoms with Gasteiger partial charge >= 0.3 is 0 Å². The first-order valence-electron chi connectivity index (χ1n) is 9.34. The van der Waals surface area contributed by atoms with Crippen LogP contribution in [0.1, 0.15) is 45.3 Å². The Morgan fingerprint density at radius 1 is 1.42 bits per heavy atom. The second kappa shape index (κ2) is 8.06. The van der Waals surface area contributed by atoms with Crippen molar-refractivity contribution < 1.29 is 9.15 Å². The van der Waals surface area contributed by atoms with E-state index in [1.165, 1.54) is 12.8 Å². The molecule has 2 fully saturated rings. The summed E-state index contributed by atoms with van der Waals surface area (Å²) in [6.07, 6.45) is 7.18. The van der Waals surface area contributed by atoms with E-state index in [9.17, 15) is 0 Å². The van der Waals surface area contributed by atoms with Crippen LogP contribution in [-0.2, 0) is 11.2 Å². The van der Waals surface area contributed by atoms with Crippen LogP contribution in [-0.4, -0.2) is 49.7 Å². The highest BCUT2D eigenvalue weighted by molar-refractivity contribution is 5.80. The molecule has 1 aromatic heterocycles. The van der Waals surface area contributed by atoms with Gasteiger partial charge in [0, 0.05) is 45.3 Å². The number of guanidine groups is 1. The van der Waals surface area contributed by atoms with E-state index in [0.717, 1.165) is 63.8 Å². The van der Waals surface area contributed by atoms with Crippen molar-refractivity contribution in [1.29, 1.82) is 0 Å². The van der Waals surface area contributed by atoms with Crippen molar-refractivity contribution in [3.8, 4) is 0 Å². The predicted octanol–water partition coefficient (Wildman–Crippen LogP) is 3.07. The second-order valence-corrected chi connectivity index (χ2v) is 7.40. The maximum Gasteiger partial charge on any atom is 0.194 e. The number of hydrogen-bond donors (Lipinski definition) is 1. The Hall–Kier alpha value is -1.49. The monoisotopic (exact) mass is 333 g/mol. The summed E-state index contributed by atoms with van der Waals surface area (Å²) in [5.41, 5.74) is 0.416. The number of furan rings is 1. The van der Waals surface area contributed by atoms with E-state index in [4.69, 9.17) is 14.1 Å². The highest BCUT2D eigenvalue weighted by Gasteiger charge is 2.34. The van der Waals surface area contributed by atoms with Gasteiger partial charge in [0.1, 0.15) is 5.76 Å². The Bertz CT molecular complexity index is 523. The Labute approximate surface area is 145 Å². The molecule has 2 aliphatic rings. The summed E-state index contributed by atoms with van der Waals surface area (Å²) in [6, 6.07) is 4.44. The standard InChI is InChI=1S/C19H31N3O2/c1-3-19(2)9-11-22(15-19)18(21-16-7-13-23-14-8-16)20-10-6-17-5-4-12-24-17/h4-5,12,16H,3,6-11,13-15H2,1-2H3,(H,20,21). The molecule has 0 radical (unpaired) electrons. The minimum atomic E-state index is 0.416. The summed E-state index contributed by atoms with van der Waals surface area (Å²) in [5, 5.41) is 3.71. The van der Waals surface area contributed by atoms with Crippen LogP contribution in [0.5, 0.6) is 0 Å². The molecular weight excluding hydrogens is 302 g/mol. The summed E-state index contributed by atoms with van der Waals surface area (Å²) >= 11 is 0. The summed E-state index contributed by atoms with van der Waals surface area (Å²) in [7, 11) is 0. The molecule has 3 heterocycles. The van der Waals surface area contributed by atoms with E-state index in [1.54, 1.807) is 6.26 Å². The van der Waals surface area contributed by atoms with Crippen LogP contribution in [0.4, 0.5) is 0 Å². The van der Waals surface area contributed by atoms with Crippen LogP contribution in [0.15, 0.2) is 27.8 Å². The van der Waals surface area contributed by atoms with Gasteiger partial charge in [-0.25, -0.2) is 0 Å². The molecule has 0 bridgehead atoms. The third-order valence-corrected chi connectivity index (χ3v) is 5.47. The lowest BCUT2D eigenvalue weighted by atomic mass is 9.87. The number of ether oxygens (including phenoxy) is 1. The van der Waals surface area contributed by atoms with E-state index >= 15 is 0 Å². The molecule has 2 saturated heterocycles. The lowest BCUT2D eigenvalue weighted by molar-refractivity contribution is 0.0816. The van der Waals surface area contributed by atoms with Crippen molar-refractivity contribution >= 4 is 5.96 Å². The molecule has 5 nitrogen and oxygen atoms in total. The lowest BCUT2D eigenvalue weighted by Crippen LogP contribution is -2.47. The zero-order valence-electron chi connectivity index (χ0n) is 15.1.